The first-order valence-corrected chi connectivity index (χ1v) is 13.6. The largest absolute Gasteiger partial charge is 0.594 e. The van der Waals surface area contributed by atoms with Crippen molar-refractivity contribution in [3.63, 3.8) is 0 Å². The van der Waals surface area contributed by atoms with Crippen molar-refractivity contribution in [3.8, 4) is 22.3 Å². The maximum absolute atomic E-state index is 13.4. The Kier molecular flexibility index (Phi) is 6.27. The number of hydrogen-bond acceptors (Lipinski definition) is 2. The number of fused-ring (bicyclic) bond motifs is 2. The maximum Gasteiger partial charge on any atom is 0.245 e. The second-order valence-electron chi connectivity index (χ2n) is 9.92. The number of rotatable bonds is 6. The highest BCUT2D eigenvalue weighted by Crippen LogP contribution is 2.38. The van der Waals surface area contributed by atoms with E-state index in [4.69, 9.17) is 0 Å². The molecule has 4 aromatic carbocycles. The summed E-state index contributed by atoms with van der Waals surface area (Å²) in [4.78, 5) is 0.750. The van der Waals surface area contributed by atoms with Crippen molar-refractivity contribution in [2.75, 3.05) is 0 Å². The molecule has 0 aliphatic carbocycles. The molecule has 0 aliphatic rings. The second-order valence-corrected chi connectivity index (χ2v) is 9.92. The average molecular weight is 513 g/mol. The van der Waals surface area contributed by atoms with Gasteiger partial charge in [-0.15, -0.1) is 0 Å². The van der Waals surface area contributed by atoms with Crippen LogP contribution in [0.5, 0.6) is 0 Å². The van der Waals surface area contributed by atoms with Gasteiger partial charge in [0.05, 0.1) is 0 Å². The molecule has 0 N–H and O–H groups in total. The number of azo groups is 1. The number of hydrogen-bond donors (Lipinski definition) is 0. The minimum absolute atomic E-state index is 0.513. The van der Waals surface area contributed by atoms with E-state index in [2.05, 4.69) is 96.5 Å². The Morgan fingerprint density at radius 3 is 1.64 bits per heavy atom. The Hall–Kier alpha value is -4.64. The van der Waals surface area contributed by atoms with E-state index in [0.717, 1.165) is 56.4 Å². The lowest BCUT2D eigenvalue weighted by Crippen LogP contribution is -1.96. The van der Waals surface area contributed by atoms with Crippen molar-refractivity contribution in [1.82, 2.24) is 9.13 Å². The summed E-state index contributed by atoms with van der Waals surface area (Å²) in [5.74, 6) is 0. The van der Waals surface area contributed by atoms with E-state index in [9.17, 15) is 5.21 Å². The Labute approximate surface area is 228 Å². The van der Waals surface area contributed by atoms with Gasteiger partial charge in [-0.05, 0) is 63.1 Å². The van der Waals surface area contributed by atoms with Crippen molar-refractivity contribution in [3.05, 3.63) is 114 Å². The van der Waals surface area contributed by atoms with Crippen LogP contribution in [0.3, 0.4) is 0 Å². The molecular weight excluding hydrogens is 480 g/mol. The van der Waals surface area contributed by atoms with Gasteiger partial charge in [-0.3, -0.25) is 0 Å². The molecule has 0 unspecified atom stereocenters. The lowest BCUT2D eigenvalue weighted by atomic mass is 10.0. The maximum atomic E-state index is 13.4. The van der Waals surface area contributed by atoms with Crippen LogP contribution in [0, 0.1) is 19.1 Å². The van der Waals surface area contributed by atoms with Crippen LogP contribution in [0.1, 0.15) is 25.2 Å². The normalized spacial score (nSPS) is 12.1. The predicted molar refractivity (Wildman–Crippen MR) is 161 cm³/mol. The molecule has 6 aromatic rings. The molecule has 0 saturated heterocycles. The van der Waals surface area contributed by atoms with E-state index in [1.807, 2.05) is 42.5 Å². The SMILES string of the molecule is CCn1c(C)c(-c2ccccc2)c2cc(N=[N+]([O-])c3ccc4c(c3)c(-c3ccccc3)c(C)n4CC)ccc21. The van der Waals surface area contributed by atoms with Gasteiger partial charge in [0.1, 0.15) is 5.69 Å². The van der Waals surface area contributed by atoms with Gasteiger partial charge in [-0.25, -0.2) is 0 Å². The summed E-state index contributed by atoms with van der Waals surface area (Å²) in [6.07, 6.45) is 0. The summed E-state index contributed by atoms with van der Waals surface area (Å²) in [6.45, 7) is 10.4. The van der Waals surface area contributed by atoms with Crippen molar-refractivity contribution < 1.29 is 4.86 Å². The number of nitrogens with zero attached hydrogens (tertiary/aromatic N) is 4. The predicted octanol–water partition coefficient (Wildman–Crippen LogP) is 9.51. The number of aromatic nitrogens is 2. The van der Waals surface area contributed by atoms with E-state index in [-0.39, 0.29) is 0 Å². The first-order chi connectivity index (χ1) is 19.0. The molecule has 39 heavy (non-hydrogen) atoms. The molecule has 5 nitrogen and oxygen atoms in total. The molecule has 0 saturated carbocycles. The third-order valence-corrected chi connectivity index (χ3v) is 7.80. The van der Waals surface area contributed by atoms with E-state index in [1.54, 1.807) is 0 Å². The molecule has 0 fully saturated rings. The van der Waals surface area contributed by atoms with Crippen LogP contribution >= 0.6 is 0 Å². The highest BCUT2D eigenvalue weighted by molar-refractivity contribution is 6.00. The van der Waals surface area contributed by atoms with E-state index < -0.39 is 0 Å². The van der Waals surface area contributed by atoms with Gasteiger partial charge in [-0.1, -0.05) is 65.5 Å². The lowest BCUT2D eigenvalue weighted by Gasteiger charge is -2.05. The molecule has 5 heteroatoms. The van der Waals surface area contributed by atoms with Crippen LogP contribution in [0.25, 0.3) is 44.1 Å². The molecule has 0 atom stereocenters. The van der Waals surface area contributed by atoms with Gasteiger partial charge in [0.25, 0.3) is 0 Å². The highest BCUT2D eigenvalue weighted by Gasteiger charge is 2.19. The smallest absolute Gasteiger partial charge is 0.245 e. The first kappa shape index (κ1) is 24.7. The van der Waals surface area contributed by atoms with E-state index in [1.165, 1.54) is 17.0 Å². The van der Waals surface area contributed by atoms with Gasteiger partial charge in [0.15, 0.2) is 0 Å². The summed E-state index contributed by atoms with van der Waals surface area (Å²) < 4.78 is 4.61. The van der Waals surface area contributed by atoms with Crippen LogP contribution in [0.15, 0.2) is 102 Å². The van der Waals surface area contributed by atoms with Crippen LogP contribution in [-0.2, 0) is 13.1 Å². The van der Waals surface area contributed by atoms with Gasteiger partial charge in [0, 0.05) is 74.7 Å². The molecule has 6 rings (SSSR count). The first-order valence-electron chi connectivity index (χ1n) is 13.6. The molecule has 0 spiro atoms. The highest BCUT2D eigenvalue weighted by atomic mass is 16.5. The molecule has 0 radical (unpaired) electrons. The zero-order chi connectivity index (χ0) is 27.1. The van der Waals surface area contributed by atoms with Gasteiger partial charge >= 0.3 is 0 Å². The zero-order valence-corrected chi connectivity index (χ0v) is 22.8. The lowest BCUT2D eigenvalue weighted by molar-refractivity contribution is -0.435. The quantitative estimate of drug-likeness (QED) is 0.124. The molecular formula is C34H32N4O. The fourth-order valence-electron chi connectivity index (χ4n) is 6.04. The van der Waals surface area contributed by atoms with Gasteiger partial charge in [0.2, 0.25) is 5.69 Å². The van der Waals surface area contributed by atoms with Crippen LogP contribution in [-0.4, -0.2) is 14.0 Å². The third-order valence-electron chi connectivity index (χ3n) is 7.80. The summed E-state index contributed by atoms with van der Waals surface area (Å²) in [7, 11) is 0. The number of aryl methyl sites for hydroxylation is 2. The standard InChI is InChI=1S/C34H32N4O/c1-5-36-23(3)33(25-13-9-7-10-14-25)29-21-27(17-19-31(29)36)35-38(39)28-18-20-32-30(22-28)34(24(4)37(32)6-2)26-15-11-8-12-16-26/h7-22H,5-6H2,1-4H3. The Morgan fingerprint density at radius 1 is 0.641 bits per heavy atom. The minimum atomic E-state index is 0.513. The summed E-state index contributed by atoms with van der Waals surface area (Å²) in [6, 6.07) is 32.7. The van der Waals surface area contributed by atoms with E-state index in [0.29, 0.717) is 11.4 Å². The van der Waals surface area contributed by atoms with Crippen molar-refractivity contribution in [2.24, 2.45) is 5.11 Å². The summed E-state index contributed by atoms with van der Waals surface area (Å²) in [5.41, 5.74) is 10.5. The van der Waals surface area contributed by atoms with E-state index >= 15 is 0 Å². The van der Waals surface area contributed by atoms with Crippen LogP contribution in [0.2, 0.25) is 0 Å². The monoisotopic (exact) mass is 512 g/mol. The molecule has 0 bridgehead atoms. The van der Waals surface area contributed by atoms with Crippen molar-refractivity contribution in [1.29, 1.82) is 0 Å². The van der Waals surface area contributed by atoms with Gasteiger partial charge in [-0.2, -0.15) is 0 Å². The van der Waals surface area contributed by atoms with Crippen molar-refractivity contribution >= 4 is 33.2 Å². The van der Waals surface area contributed by atoms with Crippen LogP contribution < -0.4 is 0 Å². The molecule has 0 amide bonds. The average Bonchev–Trinajstić information content (AvgIpc) is 3.41. The second kappa shape index (κ2) is 9.91. The Balaban J connectivity index is 1.48. The Morgan fingerprint density at radius 2 is 1.13 bits per heavy atom. The summed E-state index contributed by atoms with van der Waals surface area (Å²) >= 11 is 0. The molecule has 2 heterocycles. The third kappa shape index (κ3) is 4.11. The van der Waals surface area contributed by atoms with Crippen molar-refractivity contribution in [2.45, 2.75) is 40.8 Å². The fraction of sp³-hybridized carbons (Fsp3) is 0.176. The number of benzene rings is 4. The summed E-state index contributed by atoms with van der Waals surface area (Å²) in [5, 5.41) is 20.1. The zero-order valence-electron chi connectivity index (χ0n) is 22.8. The van der Waals surface area contributed by atoms with Gasteiger partial charge < -0.3 is 14.3 Å². The molecule has 0 aliphatic heterocycles. The minimum Gasteiger partial charge on any atom is -0.594 e. The molecule has 194 valence electrons. The Bertz CT molecular complexity index is 1840. The van der Waals surface area contributed by atoms with Crippen LogP contribution in [0.4, 0.5) is 11.4 Å². The topological polar surface area (TPSA) is 48.3 Å². The fourth-order valence-corrected chi connectivity index (χ4v) is 6.04. The molecule has 2 aromatic heterocycles.